The van der Waals surface area contributed by atoms with Gasteiger partial charge in [0.05, 0.1) is 12.2 Å². The van der Waals surface area contributed by atoms with Crippen molar-refractivity contribution in [2.45, 2.75) is 51.7 Å². The molecule has 0 aliphatic carbocycles. The van der Waals surface area contributed by atoms with Crippen molar-refractivity contribution in [1.29, 1.82) is 0 Å². The van der Waals surface area contributed by atoms with Crippen molar-refractivity contribution >= 4 is 6.09 Å². The Kier molecular flexibility index (Phi) is 4.88. The van der Waals surface area contributed by atoms with Crippen LogP contribution < -0.4 is 5.73 Å². The molecule has 118 valence electrons. The molecule has 0 spiro atoms. The van der Waals surface area contributed by atoms with Gasteiger partial charge in [-0.3, -0.25) is 4.68 Å². The molecule has 6 heteroatoms. The molecule has 2 heterocycles. The minimum absolute atomic E-state index is 0.220. The van der Waals surface area contributed by atoms with Crippen LogP contribution in [0.4, 0.5) is 4.79 Å². The van der Waals surface area contributed by atoms with E-state index in [0.717, 1.165) is 31.4 Å². The molecule has 1 aliphatic rings. The van der Waals surface area contributed by atoms with Crippen molar-refractivity contribution < 1.29 is 9.53 Å². The van der Waals surface area contributed by atoms with Crippen molar-refractivity contribution in [1.82, 2.24) is 14.7 Å². The molecule has 1 atom stereocenters. The van der Waals surface area contributed by atoms with Crippen molar-refractivity contribution in [3.8, 4) is 0 Å². The van der Waals surface area contributed by atoms with Crippen molar-refractivity contribution in [3.63, 3.8) is 0 Å². The van der Waals surface area contributed by atoms with Crippen LogP contribution in [-0.2, 0) is 11.2 Å². The van der Waals surface area contributed by atoms with E-state index in [1.54, 1.807) is 4.90 Å². The SMILES string of the molecule is CC(C)(C)OC(=O)N1CCCC(n2cc(CCN)cn2)C1. The summed E-state index contributed by atoms with van der Waals surface area (Å²) in [5.74, 6) is 0. The van der Waals surface area contributed by atoms with E-state index in [-0.39, 0.29) is 12.1 Å². The van der Waals surface area contributed by atoms with Gasteiger partial charge in [0.15, 0.2) is 0 Å². The summed E-state index contributed by atoms with van der Waals surface area (Å²) in [6.45, 7) is 7.69. The van der Waals surface area contributed by atoms with Crippen molar-refractivity contribution in [2.75, 3.05) is 19.6 Å². The molecular weight excluding hydrogens is 268 g/mol. The van der Waals surface area contributed by atoms with Gasteiger partial charge in [-0.05, 0) is 52.1 Å². The number of hydrogen-bond donors (Lipinski definition) is 1. The maximum atomic E-state index is 12.2. The smallest absolute Gasteiger partial charge is 0.410 e. The zero-order valence-corrected chi connectivity index (χ0v) is 13.2. The van der Waals surface area contributed by atoms with E-state index in [0.29, 0.717) is 13.1 Å². The van der Waals surface area contributed by atoms with Gasteiger partial charge in [0.25, 0.3) is 0 Å². The second-order valence-electron chi connectivity index (χ2n) is 6.59. The number of rotatable bonds is 3. The third-order valence-corrected chi connectivity index (χ3v) is 3.51. The van der Waals surface area contributed by atoms with Crippen LogP contribution >= 0.6 is 0 Å². The van der Waals surface area contributed by atoms with Crippen LogP contribution in [-0.4, -0.2) is 46.0 Å². The molecule has 0 aromatic carbocycles. The predicted octanol–water partition coefficient (Wildman–Crippen LogP) is 1.96. The molecule has 0 saturated carbocycles. The summed E-state index contributed by atoms with van der Waals surface area (Å²) in [5.41, 5.74) is 6.25. The Morgan fingerprint density at radius 2 is 2.29 bits per heavy atom. The molecule has 1 amide bonds. The largest absolute Gasteiger partial charge is 0.444 e. The predicted molar refractivity (Wildman–Crippen MR) is 81.1 cm³/mol. The quantitative estimate of drug-likeness (QED) is 0.925. The molecule has 1 aromatic rings. The van der Waals surface area contributed by atoms with Gasteiger partial charge in [-0.25, -0.2) is 4.79 Å². The van der Waals surface area contributed by atoms with Crippen LogP contribution in [0, 0.1) is 0 Å². The highest BCUT2D eigenvalue weighted by Gasteiger charge is 2.28. The Morgan fingerprint density at radius 1 is 1.52 bits per heavy atom. The minimum Gasteiger partial charge on any atom is -0.444 e. The number of nitrogens with two attached hydrogens (primary N) is 1. The third-order valence-electron chi connectivity index (χ3n) is 3.51. The summed E-state index contributed by atoms with van der Waals surface area (Å²) in [6.07, 6.45) is 6.50. The van der Waals surface area contributed by atoms with Crippen LogP contribution in [0.25, 0.3) is 0 Å². The number of carbonyl (C=O) groups is 1. The number of nitrogens with zero attached hydrogens (tertiary/aromatic N) is 3. The van der Waals surface area contributed by atoms with Crippen LogP contribution in [0.2, 0.25) is 0 Å². The number of ether oxygens (including phenoxy) is 1. The monoisotopic (exact) mass is 294 g/mol. The van der Waals surface area contributed by atoms with E-state index >= 15 is 0 Å². The minimum atomic E-state index is -0.454. The van der Waals surface area contributed by atoms with Gasteiger partial charge in [0.1, 0.15) is 5.60 Å². The average Bonchev–Trinajstić information content (AvgIpc) is 2.86. The fourth-order valence-electron chi connectivity index (χ4n) is 2.54. The van der Waals surface area contributed by atoms with Gasteiger partial charge in [-0.1, -0.05) is 0 Å². The van der Waals surface area contributed by atoms with Crippen LogP contribution in [0.5, 0.6) is 0 Å². The first-order valence-electron chi connectivity index (χ1n) is 7.60. The first-order valence-corrected chi connectivity index (χ1v) is 7.60. The van der Waals surface area contributed by atoms with Gasteiger partial charge in [-0.2, -0.15) is 5.10 Å². The summed E-state index contributed by atoms with van der Waals surface area (Å²) in [5, 5.41) is 4.41. The van der Waals surface area contributed by atoms with Gasteiger partial charge < -0.3 is 15.4 Å². The molecule has 6 nitrogen and oxygen atoms in total. The van der Waals surface area contributed by atoms with E-state index in [1.807, 2.05) is 37.8 Å². The molecule has 0 bridgehead atoms. The van der Waals surface area contributed by atoms with E-state index in [1.165, 1.54) is 0 Å². The average molecular weight is 294 g/mol. The lowest BCUT2D eigenvalue weighted by atomic mass is 10.1. The summed E-state index contributed by atoms with van der Waals surface area (Å²) in [4.78, 5) is 13.9. The Morgan fingerprint density at radius 3 is 2.95 bits per heavy atom. The summed E-state index contributed by atoms with van der Waals surface area (Å²) < 4.78 is 7.41. The van der Waals surface area contributed by atoms with E-state index in [9.17, 15) is 4.79 Å². The Labute approximate surface area is 126 Å². The van der Waals surface area contributed by atoms with Gasteiger partial charge in [0.2, 0.25) is 0 Å². The van der Waals surface area contributed by atoms with Gasteiger partial charge in [-0.15, -0.1) is 0 Å². The lowest BCUT2D eigenvalue weighted by Gasteiger charge is -2.34. The lowest BCUT2D eigenvalue weighted by molar-refractivity contribution is 0.0167. The van der Waals surface area contributed by atoms with Gasteiger partial charge in [0, 0.05) is 19.3 Å². The number of aromatic nitrogens is 2. The first kappa shape index (κ1) is 15.8. The zero-order chi connectivity index (χ0) is 15.5. The number of amides is 1. The highest BCUT2D eigenvalue weighted by molar-refractivity contribution is 5.68. The number of likely N-dealkylation sites (tertiary alicyclic amines) is 1. The second-order valence-corrected chi connectivity index (χ2v) is 6.59. The number of hydrogen-bond acceptors (Lipinski definition) is 4. The standard InChI is InChI=1S/C15H26N4O2/c1-15(2,3)21-14(20)18-8-4-5-13(11-18)19-10-12(6-7-16)9-17-19/h9-10,13H,4-8,11,16H2,1-3H3. The molecule has 0 radical (unpaired) electrons. The maximum Gasteiger partial charge on any atom is 0.410 e. The fraction of sp³-hybridized carbons (Fsp3) is 0.733. The van der Waals surface area contributed by atoms with Crippen LogP contribution in [0.15, 0.2) is 12.4 Å². The summed E-state index contributed by atoms with van der Waals surface area (Å²) >= 11 is 0. The van der Waals surface area contributed by atoms with Crippen molar-refractivity contribution in [3.05, 3.63) is 18.0 Å². The Bertz CT molecular complexity index is 478. The molecule has 1 unspecified atom stereocenters. The third kappa shape index (κ3) is 4.46. The summed E-state index contributed by atoms with van der Waals surface area (Å²) in [6, 6.07) is 0.220. The van der Waals surface area contributed by atoms with Crippen LogP contribution in [0.1, 0.15) is 45.2 Å². The lowest BCUT2D eigenvalue weighted by Crippen LogP contribution is -2.43. The summed E-state index contributed by atoms with van der Waals surface area (Å²) in [7, 11) is 0. The Balaban J connectivity index is 1.98. The number of carbonyl (C=O) groups excluding carboxylic acids is 1. The highest BCUT2D eigenvalue weighted by Crippen LogP contribution is 2.23. The first-order chi connectivity index (χ1) is 9.89. The molecule has 1 fully saturated rings. The highest BCUT2D eigenvalue weighted by atomic mass is 16.6. The maximum absolute atomic E-state index is 12.2. The number of piperidine rings is 1. The van der Waals surface area contributed by atoms with Gasteiger partial charge >= 0.3 is 6.09 Å². The molecule has 21 heavy (non-hydrogen) atoms. The van der Waals surface area contributed by atoms with Crippen molar-refractivity contribution in [2.24, 2.45) is 5.73 Å². The molecule has 1 aliphatic heterocycles. The zero-order valence-electron chi connectivity index (χ0n) is 13.2. The topological polar surface area (TPSA) is 73.4 Å². The molecule has 2 rings (SSSR count). The fourth-order valence-corrected chi connectivity index (χ4v) is 2.54. The molecule has 1 saturated heterocycles. The molecular formula is C15H26N4O2. The van der Waals surface area contributed by atoms with Crippen LogP contribution in [0.3, 0.4) is 0 Å². The molecule has 2 N–H and O–H groups in total. The second kappa shape index (κ2) is 6.47. The Hall–Kier alpha value is -1.56. The van der Waals surface area contributed by atoms with E-state index < -0.39 is 5.60 Å². The van der Waals surface area contributed by atoms with E-state index in [4.69, 9.17) is 10.5 Å². The van der Waals surface area contributed by atoms with E-state index in [2.05, 4.69) is 5.10 Å². The normalized spacial score (nSPS) is 19.6. The molecule has 1 aromatic heterocycles.